The lowest BCUT2D eigenvalue weighted by Crippen LogP contribution is -2.21. The first-order chi connectivity index (χ1) is 17.6. The van der Waals surface area contributed by atoms with E-state index in [1.54, 1.807) is 0 Å². The quantitative estimate of drug-likeness (QED) is 0.0979. The highest BCUT2D eigenvalue weighted by molar-refractivity contribution is 5.66. The molecule has 36 heavy (non-hydrogen) atoms. The maximum Gasteiger partial charge on any atom is 0.303 e. The van der Waals surface area contributed by atoms with Gasteiger partial charge in [0.1, 0.15) is 0 Å². The molecule has 0 atom stereocenters. The maximum absolute atomic E-state index is 10.7. The van der Waals surface area contributed by atoms with Crippen LogP contribution >= 0.6 is 0 Å². The van der Waals surface area contributed by atoms with E-state index in [9.17, 15) is 4.79 Å². The minimum atomic E-state index is -0.640. The monoisotopic (exact) mass is 509 g/mol. The van der Waals surface area contributed by atoms with E-state index in [4.69, 9.17) is 5.11 Å². The molecule has 0 fully saturated rings. The van der Waals surface area contributed by atoms with Crippen LogP contribution in [0.3, 0.4) is 0 Å². The Morgan fingerprint density at radius 1 is 0.417 bits per heavy atom. The van der Waals surface area contributed by atoms with Crippen LogP contribution in [0.4, 0.5) is 0 Å². The van der Waals surface area contributed by atoms with Crippen molar-refractivity contribution in [3.63, 3.8) is 0 Å². The van der Waals surface area contributed by atoms with Gasteiger partial charge in [0.2, 0.25) is 0 Å². The second-order valence-electron chi connectivity index (χ2n) is 12.1. The first-order valence-corrected chi connectivity index (χ1v) is 16.8. The van der Waals surface area contributed by atoms with Crippen molar-refractivity contribution >= 4 is 5.97 Å². The fourth-order valence-electron chi connectivity index (χ4n) is 6.07. The van der Waals surface area contributed by atoms with Gasteiger partial charge in [0, 0.05) is 6.42 Å². The molecule has 0 rings (SSSR count). The number of unbranched alkanes of at least 4 members (excludes halogenated alkanes) is 20. The maximum atomic E-state index is 10.7. The van der Waals surface area contributed by atoms with Gasteiger partial charge < -0.3 is 5.11 Å². The Bertz CT molecular complexity index is 404. The van der Waals surface area contributed by atoms with Crippen molar-refractivity contribution in [3.8, 4) is 0 Å². The van der Waals surface area contributed by atoms with Crippen LogP contribution in [0.5, 0.6) is 0 Å². The number of carboxylic acid groups (broad SMARTS) is 1. The highest BCUT2D eigenvalue weighted by Gasteiger charge is 2.28. The fourth-order valence-corrected chi connectivity index (χ4v) is 6.07. The van der Waals surface area contributed by atoms with Crippen molar-refractivity contribution in [2.45, 2.75) is 207 Å². The third-order valence-electron chi connectivity index (χ3n) is 8.53. The van der Waals surface area contributed by atoms with Gasteiger partial charge >= 0.3 is 5.97 Å². The third-order valence-corrected chi connectivity index (χ3v) is 8.53. The second-order valence-corrected chi connectivity index (χ2v) is 12.1. The standard InChI is InChI=1S/C34H68O2/c1-4-7-10-13-19-24-29-34(30-25-20-14-11-8-5-2,31-26-21-15-12-9-6-3)32-27-22-17-16-18-23-28-33(35)36/h4-32H2,1-3H3,(H,35,36). The minimum Gasteiger partial charge on any atom is -0.481 e. The molecule has 0 radical (unpaired) electrons. The Morgan fingerprint density at radius 3 is 0.944 bits per heavy atom. The predicted molar refractivity (Wildman–Crippen MR) is 161 cm³/mol. The van der Waals surface area contributed by atoms with Crippen LogP contribution in [-0.4, -0.2) is 11.1 Å². The highest BCUT2D eigenvalue weighted by atomic mass is 16.4. The molecule has 2 nitrogen and oxygen atoms in total. The lowest BCUT2D eigenvalue weighted by Gasteiger charge is -2.35. The van der Waals surface area contributed by atoms with E-state index < -0.39 is 5.97 Å². The molecule has 216 valence electrons. The van der Waals surface area contributed by atoms with Gasteiger partial charge in [-0.25, -0.2) is 0 Å². The van der Waals surface area contributed by atoms with E-state index in [0.717, 1.165) is 12.8 Å². The van der Waals surface area contributed by atoms with Gasteiger partial charge in [-0.2, -0.15) is 0 Å². The summed E-state index contributed by atoms with van der Waals surface area (Å²) in [5.41, 5.74) is 0.601. The number of rotatable bonds is 30. The van der Waals surface area contributed by atoms with Gasteiger partial charge in [-0.3, -0.25) is 4.79 Å². The molecule has 0 aromatic rings. The molecule has 0 unspecified atom stereocenters. The first kappa shape index (κ1) is 35.5. The van der Waals surface area contributed by atoms with Crippen molar-refractivity contribution < 1.29 is 9.90 Å². The molecule has 0 bridgehead atoms. The van der Waals surface area contributed by atoms with E-state index in [0.29, 0.717) is 11.8 Å². The molecule has 0 aromatic heterocycles. The lowest BCUT2D eigenvalue weighted by atomic mass is 9.70. The first-order valence-electron chi connectivity index (χ1n) is 16.8. The Labute approximate surface area is 228 Å². The van der Waals surface area contributed by atoms with Crippen molar-refractivity contribution in [1.29, 1.82) is 0 Å². The van der Waals surface area contributed by atoms with E-state index in [1.807, 2.05) is 0 Å². The molecule has 0 aliphatic carbocycles. The predicted octanol–water partition coefficient (Wildman–Crippen LogP) is 12.4. The van der Waals surface area contributed by atoms with E-state index in [2.05, 4.69) is 20.8 Å². The third kappa shape index (κ3) is 23.8. The molecular formula is C34H68O2. The zero-order valence-corrected chi connectivity index (χ0v) is 25.4. The summed E-state index contributed by atoms with van der Waals surface area (Å²) in [6.45, 7) is 6.95. The smallest absolute Gasteiger partial charge is 0.303 e. The summed E-state index contributed by atoms with van der Waals surface area (Å²) in [5.74, 6) is -0.640. The Balaban J connectivity index is 4.75. The molecule has 0 aliphatic rings. The summed E-state index contributed by atoms with van der Waals surface area (Å²) in [6.07, 6.45) is 38.9. The van der Waals surface area contributed by atoms with Gasteiger partial charge in [0.15, 0.2) is 0 Å². The average Bonchev–Trinajstić information content (AvgIpc) is 2.87. The minimum absolute atomic E-state index is 0.345. The van der Waals surface area contributed by atoms with E-state index in [1.165, 1.54) is 167 Å². The number of carbonyl (C=O) groups is 1. The summed E-state index contributed by atoms with van der Waals surface area (Å²) < 4.78 is 0. The summed E-state index contributed by atoms with van der Waals surface area (Å²) in [5, 5.41) is 8.84. The molecule has 0 spiro atoms. The Morgan fingerprint density at radius 2 is 0.667 bits per heavy atom. The fraction of sp³-hybridized carbons (Fsp3) is 0.971. The topological polar surface area (TPSA) is 37.3 Å². The second kappa shape index (κ2) is 27.5. The van der Waals surface area contributed by atoms with Crippen LogP contribution in [0.15, 0.2) is 0 Å². The number of carboxylic acids is 1. The van der Waals surface area contributed by atoms with Gasteiger partial charge in [-0.05, 0) is 37.5 Å². The van der Waals surface area contributed by atoms with Crippen molar-refractivity contribution in [3.05, 3.63) is 0 Å². The zero-order valence-electron chi connectivity index (χ0n) is 25.4. The van der Waals surface area contributed by atoms with E-state index >= 15 is 0 Å². The van der Waals surface area contributed by atoms with Crippen molar-refractivity contribution in [2.24, 2.45) is 5.41 Å². The van der Waals surface area contributed by atoms with Gasteiger partial charge in [0.25, 0.3) is 0 Å². The number of hydrogen-bond acceptors (Lipinski definition) is 1. The molecule has 2 heteroatoms. The number of hydrogen-bond donors (Lipinski definition) is 1. The van der Waals surface area contributed by atoms with Crippen LogP contribution in [0.2, 0.25) is 0 Å². The molecule has 0 saturated heterocycles. The number of aliphatic carboxylic acids is 1. The Hall–Kier alpha value is -0.530. The molecule has 0 heterocycles. The molecule has 0 aliphatic heterocycles. The van der Waals surface area contributed by atoms with Gasteiger partial charge in [-0.1, -0.05) is 168 Å². The normalized spacial score (nSPS) is 11.9. The van der Waals surface area contributed by atoms with Gasteiger partial charge in [-0.15, -0.1) is 0 Å². The van der Waals surface area contributed by atoms with Crippen molar-refractivity contribution in [2.75, 3.05) is 0 Å². The molecule has 0 aromatic carbocycles. The van der Waals surface area contributed by atoms with E-state index in [-0.39, 0.29) is 0 Å². The summed E-state index contributed by atoms with van der Waals surface area (Å²) >= 11 is 0. The Kier molecular flexibility index (Phi) is 27.1. The zero-order chi connectivity index (χ0) is 26.6. The average molecular weight is 509 g/mol. The molecule has 0 amide bonds. The van der Waals surface area contributed by atoms with Gasteiger partial charge in [0.05, 0.1) is 0 Å². The molecule has 0 saturated carbocycles. The largest absolute Gasteiger partial charge is 0.481 e. The SMILES string of the molecule is CCCCCCCCC(CCCCCCCC)(CCCCCCCC)CCCCCCCCC(=O)O. The van der Waals surface area contributed by atoms with Crippen molar-refractivity contribution in [1.82, 2.24) is 0 Å². The van der Waals surface area contributed by atoms with Crippen LogP contribution in [0.25, 0.3) is 0 Å². The molecular weight excluding hydrogens is 440 g/mol. The lowest BCUT2D eigenvalue weighted by molar-refractivity contribution is -0.137. The highest BCUT2D eigenvalue weighted by Crippen LogP contribution is 2.42. The van der Waals surface area contributed by atoms with Crippen LogP contribution in [0.1, 0.15) is 207 Å². The van der Waals surface area contributed by atoms with Crippen LogP contribution < -0.4 is 0 Å². The summed E-state index contributed by atoms with van der Waals surface area (Å²) in [4.78, 5) is 10.7. The summed E-state index contributed by atoms with van der Waals surface area (Å²) in [6, 6.07) is 0. The van der Waals surface area contributed by atoms with Crippen LogP contribution in [-0.2, 0) is 4.79 Å². The summed E-state index contributed by atoms with van der Waals surface area (Å²) in [7, 11) is 0. The molecule has 1 N–H and O–H groups in total. The van der Waals surface area contributed by atoms with Crippen LogP contribution in [0, 0.1) is 5.41 Å².